The molecule has 0 aliphatic heterocycles. The zero-order valence-electron chi connectivity index (χ0n) is 37.8. The summed E-state index contributed by atoms with van der Waals surface area (Å²) in [5.41, 5.74) is 16.3. The molecule has 0 saturated heterocycles. The molecular weight excluding hydrogens is 817 g/mol. The van der Waals surface area contributed by atoms with Gasteiger partial charge in [-0.1, -0.05) is 177 Å². The third-order valence-corrected chi connectivity index (χ3v) is 14.2. The smallest absolute Gasteiger partial charge is 0.160 e. The van der Waals surface area contributed by atoms with Gasteiger partial charge >= 0.3 is 0 Å². The van der Waals surface area contributed by atoms with E-state index in [-0.39, 0.29) is 0 Å². The summed E-state index contributed by atoms with van der Waals surface area (Å²) in [7, 11) is 0. The van der Waals surface area contributed by atoms with Gasteiger partial charge in [0, 0.05) is 54.7 Å². The minimum Gasteiger partial charge on any atom is -0.454 e. The Morgan fingerprint density at radius 1 is 0.373 bits per heavy atom. The standard InChI is InChI=1S/C63H46N2O2/c1-39-26-30-43(31-27-39)64(54-22-11-16-41-14-5-7-18-45(41)54)56-24-13-21-47-48-36-37-52-50(60(48)67-61(47)56)35-34-49-53(63(52,3)4)38-57(62-59(49)51-20-9-10-25-58(51)66-62)65(44-32-28-40(2)29-33-44)55-23-12-17-42-15-6-8-19-46(42)55/h5-38H,1-4H3. The Balaban J connectivity index is 1.06. The molecule has 0 unspecified atom stereocenters. The molecule has 2 aromatic heterocycles. The second-order valence-electron chi connectivity index (χ2n) is 18.6. The molecule has 2 heterocycles. The molecule has 4 nitrogen and oxygen atoms in total. The third-order valence-electron chi connectivity index (χ3n) is 14.2. The Hall–Kier alpha value is -8.34. The SMILES string of the molecule is Cc1ccc(N(c2cccc3ccccc23)c2cccc3c2oc2c4c(ccc23)C(C)(C)c2cc(N(c3ccc(C)cc3)c3cccc5ccccc35)c3oc5ccccc5c3c2C=C4)cc1. The fraction of sp³-hybridized carbons (Fsp3) is 0.0794. The van der Waals surface area contributed by atoms with E-state index in [1.165, 1.54) is 43.8 Å². The van der Waals surface area contributed by atoms with E-state index < -0.39 is 5.41 Å². The van der Waals surface area contributed by atoms with E-state index in [1.54, 1.807) is 0 Å². The van der Waals surface area contributed by atoms with Crippen molar-refractivity contribution in [3.8, 4) is 0 Å². The summed E-state index contributed by atoms with van der Waals surface area (Å²) >= 11 is 0. The van der Waals surface area contributed by atoms with Crippen molar-refractivity contribution >= 4 is 112 Å². The number of anilines is 6. The lowest BCUT2D eigenvalue weighted by Gasteiger charge is -2.32. The van der Waals surface area contributed by atoms with E-state index in [2.05, 4.69) is 244 Å². The van der Waals surface area contributed by atoms with Crippen LogP contribution in [0.15, 0.2) is 203 Å². The van der Waals surface area contributed by atoms with E-state index in [1.807, 2.05) is 0 Å². The molecule has 0 atom stereocenters. The van der Waals surface area contributed by atoms with Gasteiger partial charge in [-0.15, -0.1) is 0 Å². The Bertz CT molecular complexity index is 3970. The van der Waals surface area contributed by atoms with Gasteiger partial charge in [0.2, 0.25) is 0 Å². The second kappa shape index (κ2) is 14.8. The first-order valence-electron chi connectivity index (χ1n) is 23.2. The van der Waals surface area contributed by atoms with E-state index >= 15 is 0 Å². The highest BCUT2D eigenvalue weighted by Crippen LogP contribution is 2.53. The maximum atomic E-state index is 7.34. The van der Waals surface area contributed by atoms with Crippen molar-refractivity contribution in [2.45, 2.75) is 33.1 Å². The summed E-state index contributed by atoms with van der Waals surface area (Å²) in [6.07, 6.45) is 4.60. The average Bonchev–Trinajstić information content (AvgIpc) is 3.92. The molecule has 0 bridgehead atoms. The number of benzene rings is 10. The highest BCUT2D eigenvalue weighted by atomic mass is 16.3. The maximum Gasteiger partial charge on any atom is 0.160 e. The first-order valence-corrected chi connectivity index (χ1v) is 23.2. The first kappa shape index (κ1) is 39.1. The Morgan fingerprint density at radius 3 is 1.54 bits per heavy atom. The van der Waals surface area contributed by atoms with Crippen LogP contribution in [0.4, 0.5) is 34.1 Å². The molecule has 0 radical (unpaired) electrons. The number of aryl methyl sites for hydroxylation is 2. The molecular formula is C63H46N2O2. The fourth-order valence-electron chi connectivity index (χ4n) is 10.8. The number of hydrogen-bond acceptors (Lipinski definition) is 4. The number of rotatable bonds is 6. The molecule has 1 aliphatic rings. The van der Waals surface area contributed by atoms with Gasteiger partial charge in [-0.25, -0.2) is 0 Å². The number of para-hydroxylation sites is 2. The van der Waals surface area contributed by atoms with E-state index in [9.17, 15) is 0 Å². The molecule has 4 heteroatoms. The van der Waals surface area contributed by atoms with E-state index in [0.717, 1.165) is 89.1 Å². The number of fused-ring (bicyclic) bond motifs is 12. The lowest BCUT2D eigenvalue weighted by Crippen LogP contribution is -2.22. The van der Waals surface area contributed by atoms with Crippen LogP contribution in [0.1, 0.15) is 47.2 Å². The molecule has 13 rings (SSSR count). The summed E-state index contributed by atoms with van der Waals surface area (Å²) in [4.78, 5) is 4.76. The monoisotopic (exact) mass is 862 g/mol. The van der Waals surface area contributed by atoms with Gasteiger partial charge < -0.3 is 18.6 Å². The lowest BCUT2D eigenvalue weighted by molar-refractivity contribution is 0.631. The fourth-order valence-corrected chi connectivity index (χ4v) is 10.8. The minimum absolute atomic E-state index is 0.472. The highest BCUT2D eigenvalue weighted by Gasteiger charge is 2.35. The van der Waals surface area contributed by atoms with Crippen LogP contribution >= 0.6 is 0 Å². The molecule has 67 heavy (non-hydrogen) atoms. The molecule has 0 amide bonds. The van der Waals surface area contributed by atoms with Crippen molar-refractivity contribution in [1.29, 1.82) is 0 Å². The molecule has 12 aromatic rings. The van der Waals surface area contributed by atoms with Crippen LogP contribution in [0.3, 0.4) is 0 Å². The molecule has 0 N–H and O–H groups in total. The normalized spacial score (nSPS) is 13.1. The summed E-state index contributed by atoms with van der Waals surface area (Å²) in [6.45, 7) is 9.01. The van der Waals surface area contributed by atoms with Crippen LogP contribution in [0.2, 0.25) is 0 Å². The molecule has 10 aromatic carbocycles. The van der Waals surface area contributed by atoms with Gasteiger partial charge in [-0.3, -0.25) is 0 Å². The zero-order valence-corrected chi connectivity index (χ0v) is 37.8. The quantitative estimate of drug-likeness (QED) is 0.167. The van der Waals surface area contributed by atoms with Gasteiger partial charge in [0.25, 0.3) is 0 Å². The molecule has 1 aliphatic carbocycles. The van der Waals surface area contributed by atoms with Crippen molar-refractivity contribution in [2.75, 3.05) is 9.80 Å². The molecule has 320 valence electrons. The summed E-state index contributed by atoms with van der Waals surface area (Å²) in [6, 6.07) is 70.1. The van der Waals surface area contributed by atoms with E-state index in [0.29, 0.717) is 0 Å². The predicted molar refractivity (Wildman–Crippen MR) is 282 cm³/mol. The Kier molecular flexibility index (Phi) is 8.66. The topological polar surface area (TPSA) is 32.8 Å². The molecule has 0 spiro atoms. The van der Waals surface area contributed by atoms with Crippen molar-refractivity contribution in [3.63, 3.8) is 0 Å². The van der Waals surface area contributed by atoms with Crippen LogP contribution in [0, 0.1) is 13.8 Å². The van der Waals surface area contributed by atoms with Crippen LogP contribution < -0.4 is 9.80 Å². The van der Waals surface area contributed by atoms with E-state index in [4.69, 9.17) is 8.83 Å². The van der Waals surface area contributed by atoms with Crippen molar-refractivity contribution in [2.24, 2.45) is 0 Å². The van der Waals surface area contributed by atoms with Crippen molar-refractivity contribution < 1.29 is 8.83 Å². The van der Waals surface area contributed by atoms with Crippen LogP contribution in [-0.4, -0.2) is 0 Å². The van der Waals surface area contributed by atoms with Gasteiger partial charge in [-0.05, 0) is 95.9 Å². The maximum absolute atomic E-state index is 7.34. The first-order chi connectivity index (χ1) is 32.8. The number of hydrogen-bond donors (Lipinski definition) is 0. The van der Waals surface area contributed by atoms with Gasteiger partial charge in [0.1, 0.15) is 11.2 Å². The number of furan rings is 2. The second-order valence-corrected chi connectivity index (χ2v) is 18.6. The number of nitrogens with zero attached hydrogens (tertiary/aromatic N) is 2. The summed E-state index contributed by atoms with van der Waals surface area (Å²) in [5.74, 6) is 0. The van der Waals surface area contributed by atoms with Crippen LogP contribution in [-0.2, 0) is 5.41 Å². The highest BCUT2D eigenvalue weighted by molar-refractivity contribution is 6.18. The van der Waals surface area contributed by atoms with Gasteiger partial charge in [0.15, 0.2) is 11.2 Å². The minimum atomic E-state index is -0.472. The van der Waals surface area contributed by atoms with Gasteiger partial charge in [0.05, 0.1) is 22.7 Å². The predicted octanol–water partition coefficient (Wildman–Crippen LogP) is 18.2. The lowest BCUT2D eigenvalue weighted by atomic mass is 9.74. The van der Waals surface area contributed by atoms with Crippen molar-refractivity contribution in [1.82, 2.24) is 0 Å². The third kappa shape index (κ3) is 5.99. The van der Waals surface area contributed by atoms with Crippen molar-refractivity contribution in [3.05, 3.63) is 228 Å². The molecule has 0 fully saturated rings. The largest absolute Gasteiger partial charge is 0.454 e. The Morgan fingerprint density at radius 2 is 0.881 bits per heavy atom. The summed E-state index contributed by atoms with van der Waals surface area (Å²) in [5, 5.41) is 9.07. The van der Waals surface area contributed by atoms with Crippen LogP contribution in [0.25, 0.3) is 77.6 Å². The van der Waals surface area contributed by atoms with Gasteiger partial charge in [-0.2, -0.15) is 0 Å². The molecule has 0 saturated carbocycles. The summed E-state index contributed by atoms with van der Waals surface area (Å²) < 4.78 is 14.4. The average molecular weight is 863 g/mol. The van der Waals surface area contributed by atoms with Crippen LogP contribution in [0.5, 0.6) is 0 Å². The zero-order chi connectivity index (χ0) is 45.0. The Labute approximate surface area is 389 Å².